The molecule has 19 heavy (non-hydrogen) atoms. The minimum Gasteiger partial charge on any atom is -0.368 e. The number of nitrogens with zero attached hydrogens (tertiary/aromatic N) is 4. The highest BCUT2D eigenvalue weighted by Gasteiger charge is 2.17. The molecular weight excluding hydrogens is 266 g/mol. The van der Waals surface area contributed by atoms with Gasteiger partial charge in [-0.25, -0.2) is 13.1 Å². The van der Waals surface area contributed by atoms with Crippen molar-refractivity contribution in [1.82, 2.24) is 14.8 Å². The van der Waals surface area contributed by atoms with Crippen LogP contribution in [-0.4, -0.2) is 47.8 Å². The third-order valence-electron chi connectivity index (χ3n) is 3.38. The van der Waals surface area contributed by atoms with E-state index >= 15 is 0 Å². The first-order chi connectivity index (χ1) is 9.02. The van der Waals surface area contributed by atoms with Crippen LogP contribution in [0, 0.1) is 0 Å². The molecule has 1 aromatic heterocycles. The number of aryl methyl sites for hydroxylation is 1. The summed E-state index contributed by atoms with van der Waals surface area (Å²) >= 11 is 0. The van der Waals surface area contributed by atoms with E-state index in [9.17, 15) is 8.42 Å². The third-order valence-corrected chi connectivity index (χ3v) is 5.07. The van der Waals surface area contributed by atoms with E-state index in [0.717, 1.165) is 25.9 Å². The second-order valence-electron chi connectivity index (χ2n) is 4.78. The summed E-state index contributed by atoms with van der Waals surface area (Å²) in [5, 5.41) is 4.31. The Morgan fingerprint density at radius 2 is 1.95 bits per heavy atom. The molecule has 1 aliphatic heterocycles. The molecule has 0 bridgehead atoms. The molecule has 0 aromatic carbocycles. The molecule has 0 amide bonds. The maximum atomic E-state index is 11.5. The number of rotatable bonds is 5. The van der Waals surface area contributed by atoms with Crippen molar-refractivity contribution in [3.05, 3.63) is 0 Å². The normalized spacial score (nSPS) is 16.8. The van der Waals surface area contributed by atoms with Crippen molar-refractivity contribution in [3.63, 3.8) is 0 Å². The lowest BCUT2D eigenvalue weighted by Crippen LogP contribution is -2.30. The number of anilines is 2. The van der Waals surface area contributed by atoms with Crippen molar-refractivity contribution in [3.8, 4) is 0 Å². The highest BCUT2D eigenvalue weighted by Crippen LogP contribution is 2.17. The molecule has 0 atom stereocenters. The average Bonchev–Trinajstić information content (AvgIpc) is 2.79. The van der Waals surface area contributed by atoms with Gasteiger partial charge in [-0.15, -0.1) is 5.10 Å². The Hall–Kier alpha value is -1.31. The van der Waals surface area contributed by atoms with Gasteiger partial charge < -0.3 is 10.6 Å². The van der Waals surface area contributed by atoms with Crippen LogP contribution in [0.15, 0.2) is 0 Å². The summed E-state index contributed by atoms with van der Waals surface area (Å²) in [6.45, 7) is 3.79. The zero-order chi connectivity index (χ0) is 13.9. The van der Waals surface area contributed by atoms with Gasteiger partial charge in [0.05, 0.1) is 12.3 Å². The van der Waals surface area contributed by atoms with Gasteiger partial charge in [0.2, 0.25) is 11.9 Å². The molecule has 2 rings (SSSR count). The van der Waals surface area contributed by atoms with Gasteiger partial charge in [0.15, 0.2) is 9.84 Å². The molecule has 2 heterocycles. The first-order valence-electron chi connectivity index (χ1n) is 6.67. The fraction of sp³-hybridized carbons (Fsp3) is 0.818. The van der Waals surface area contributed by atoms with E-state index in [2.05, 4.69) is 15.0 Å². The fourth-order valence-corrected chi connectivity index (χ4v) is 2.84. The summed E-state index contributed by atoms with van der Waals surface area (Å²) in [5.74, 6) is 1.09. The van der Waals surface area contributed by atoms with Crippen molar-refractivity contribution in [2.75, 3.05) is 35.2 Å². The molecule has 1 fully saturated rings. The first-order valence-corrected chi connectivity index (χ1v) is 8.49. The standard InChI is InChI=1S/C11H21N5O2S/c1-2-19(17,18)9-8-16-10(12)13-11(14-16)15-6-4-3-5-7-15/h2-9H2,1H3,(H2,12,13,14). The quantitative estimate of drug-likeness (QED) is 0.836. The Labute approximate surface area is 113 Å². The van der Waals surface area contributed by atoms with Gasteiger partial charge in [0, 0.05) is 18.8 Å². The van der Waals surface area contributed by atoms with Gasteiger partial charge in [0.25, 0.3) is 0 Å². The van der Waals surface area contributed by atoms with Crippen LogP contribution in [-0.2, 0) is 16.4 Å². The monoisotopic (exact) mass is 287 g/mol. The molecule has 1 aromatic rings. The number of piperidine rings is 1. The lowest BCUT2D eigenvalue weighted by molar-refractivity contribution is 0.561. The Bertz CT molecular complexity index is 519. The zero-order valence-electron chi connectivity index (χ0n) is 11.2. The Kier molecular flexibility index (Phi) is 4.28. The van der Waals surface area contributed by atoms with Crippen LogP contribution in [0.4, 0.5) is 11.9 Å². The average molecular weight is 287 g/mol. The highest BCUT2D eigenvalue weighted by atomic mass is 32.2. The van der Waals surface area contributed by atoms with Crippen LogP contribution in [0.3, 0.4) is 0 Å². The second kappa shape index (κ2) is 5.77. The molecular formula is C11H21N5O2S. The van der Waals surface area contributed by atoms with E-state index in [1.807, 2.05) is 0 Å². The van der Waals surface area contributed by atoms with Gasteiger partial charge in [-0.3, -0.25) is 0 Å². The number of hydrogen-bond donors (Lipinski definition) is 1. The van der Waals surface area contributed by atoms with Crippen molar-refractivity contribution >= 4 is 21.7 Å². The van der Waals surface area contributed by atoms with E-state index in [-0.39, 0.29) is 24.0 Å². The van der Waals surface area contributed by atoms with Crippen molar-refractivity contribution in [2.24, 2.45) is 0 Å². The molecule has 0 unspecified atom stereocenters. The van der Waals surface area contributed by atoms with Crippen molar-refractivity contribution in [1.29, 1.82) is 0 Å². The molecule has 1 aliphatic rings. The van der Waals surface area contributed by atoms with Gasteiger partial charge in [0.1, 0.15) is 0 Å². The van der Waals surface area contributed by atoms with Crippen LogP contribution >= 0.6 is 0 Å². The molecule has 8 heteroatoms. The third kappa shape index (κ3) is 3.59. The van der Waals surface area contributed by atoms with Crippen molar-refractivity contribution in [2.45, 2.75) is 32.7 Å². The summed E-state index contributed by atoms with van der Waals surface area (Å²) in [6, 6.07) is 0. The smallest absolute Gasteiger partial charge is 0.246 e. The number of hydrogen-bond acceptors (Lipinski definition) is 6. The van der Waals surface area contributed by atoms with Gasteiger partial charge in [-0.2, -0.15) is 4.98 Å². The summed E-state index contributed by atoms with van der Waals surface area (Å²) < 4.78 is 24.4. The molecule has 1 saturated heterocycles. The number of sulfone groups is 1. The second-order valence-corrected chi connectivity index (χ2v) is 7.25. The molecule has 0 saturated carbocycles. The van der Waals surface area contributed by atoms with E-state index in [4.69, 9.17) is 5.73 Å². The van der Waals surface area contributed by atoms with E-state index in [1.54, 1.807) is 6.92 Å². The van der Waals surface area contributed by atoms with Crippen molar-refractivity contribution < 1.29 is 8.42 Å². The summed E-state index contributed by atoms with van der Waals surface area (Å²) in [7, 11) is -3.01. The van der Waals surface area contributed by atoms with E-state index in [1.165, 1.54) is 11.1 Å². The minimum absolute atomic E-state index is 0.0521. The molecule has 108 valence electrons. The Balaban J connectivity index is 2.04. The Morgan fingerprint density at radius 3 is 2.58 bits per heavy atom. The van der Waals surface area contributed by atoms with Crippen LogP contribution in [0.2, 0.25) is 0 Å². The molecule has 7 nitrogen and oxygen atoms in total. The molecule has 0 aliphatic carbocycles. The van der Waals surface area contributed by atoms with Crippen LogP contribution < -0.4 is 10.6 Å². The zero-order valence-corrected chi connectivity index (χ0v) is 12.1. The Morgan fingerprint density at radius 1 is 1.26 bits per heavy atom. The maximum Gasteiger partial charge on any atom is 0.246 e. The van der Waals surface area contributed by atoms with Gasteiger partial charge in [-0.05, 0) is 19.3 Å². The summed E-state index contributed by atoms with van der Waals surface area (Å²) in [5.41, 5.74) is 5.79. The van der Waals surface area contributed by atoms with Crippen LogP contribution in [0.5, 0.6) is 0 Å². The van der Waals surface area contributed by atoms with E-state index in [0.29, 0.717) is 5.95 Å². The number of nitrogens with two attached hydrogens (primary N) is 1. The van der Waals surface area contributed by atoms with Crippen LogP contribution in [0.25, 0.3) is 0 Å². The number of nitrogen functional groups attached to an aromatic ring is 1. The highest BCUT2D eigenvalue weighted by molar-refractivity contribution is 7.91. The molecule has 0 radical (unpaired) electrons. The van der Waals surface area contributed by atoms with Gasteiger partial charge in [-0.1, -0.05) is 6.92 Å². The lowest BCUT2D eigenvalue weighted by Gasteiger charge is -2.24. The summed E-state index contributed by atoms with van der Waals surface area (Å²) in [4.78, 5) is 6.32. The summed E-state index contributed by atoms with van der Waals surface area (Å²) in [6.07, 6.45) is 3.51. The first kappa shape index (κ1) is 14.1. The predicted molar refractivity (Wildman–Crippen MR) is 74.8 cm³/mol. The number of aromatic nitrogens is 3. The predicted octanol–water partition coefficient (Wildman–Crippen LogP) is 0.285. The fourth-order valence-electron chi connectivity index (χ4n) is 2.10. The van der Waals surface area contributed by atoms with Gasteiger partial charge >= 0.3 is 0 Å². The minimum atomic E-state index is -3.01. The maximum absolute atomic E-state index is 11.5. The van der Waals surface area contributed by atoms with E-state index < -0.39 is 9.84 Å². The van der Waals surface area contributed by atoms with Crippen LogP contribution in [0.1, 0.15) is 26.2 Å². The molecule has 2 N–H and O–H groups in total. The lowest BCUT2D eigenvalue weighted by atomic mass is 10.1. The largest absolute Gasteiger partial charge is 0.368 e. The SMILES string of the molecule is CCS(=O)(=O)CCn1nc(N2CCCCC2)nc1N. The topological polar surface area (TPSA) is 94.1 Å². The molecule has 0 spiro atoms.